The summed E-state index contributed by atoms with van der Waals surface area (Å²) in [4.78, 5) is 18.8. The molecule has 0 aliphatic rings. The highest BCUT2D eigenvalue weighted by Crippen LogP contribution is 2.22. The number of nitrogens with one attached hydrogen (secondary N) is 1. The summed E-state index contributed by atoms with van der Waals surface area (Å²) >= 11 is 0. The number of pyridine rings is 1. The number of halogens is 1. The maximum absolute atomic E-state index is 12.9. The molecule has 1 aromatic heterocycles. The largest absolute Gasteiger partial charge is 0.352 e. The fourth-order valence-electron chi connectivity index (χ4n) is 2.84. The lowest BCUT2D eigenvalue weighted by molar-refractivity contribution is 0.0954. The minimum absolute atomic E-state index is 0.168. The molecule has 0 aliphatic carbocycles. The van der Waals surface area contributed by atoms with Crippen molar-refractivity contribution >= 4 is 17.4 Å². The first-order valence-corrected chi connectivity index (χ1v) is 8.98. The van der Waals surface area contributed by atoms with Crippen molar-refractivity contribution in [2.24, 2.45) is 0 Å². The lowest BCUT2D eigenvalue weighted by Gasteiger charge is -2.22. The van der Waals surface area contributed by atoms with Gasteiger partial charge >= 0.3 is 0 Å². The van der Waals surface area contributed by atoms with Crippen LogP contribution in [0.2, 0.25) is 0 Å². The molecule has 0 fully saturated rings. The van der Waals surface area contributed by atoms with Gasteiger partial charge in [0.2, 0.25) is 0 Å². The molecule has 0 radical (unpaired) electrons. The summed E-state index contributed by atoms with van der Waals surface area (Å²) < 4.78 is 12.9. The topological polar surface area (TPSA) is 45.2 Å². The van der Waals surface area contributed by atoms with E-state index in [0.29, 0.717) is 18.5 Å². The second kappa shape index (κ2) is 8.94. The summed E-state index contributed by atoms with van der Waals surface area (Å²) in [6.45, 7) is 3.32. The summed E-state index contributed by atoms with van der Waals surface area (Å²) in [6, 6.07) is 19.9. The van der Waals surface area contributed by atoms with Gasteiger partial charge in [0.15, 0.2) is 0 Å². The summed E-state index contributed by atoms with van der Waals surface area (Å²) in [5.74, 6) is 0.371. The Morgan fingerprint density at radius 3 is 2.41 bits per heavy atom. The fourth-order valence-corrected chi connectivity index (χ4v) is 2.84. The Labute approximate surface area is 158 Å². The fraction of sp³-hybridized carbons (Fsp3) is 0.182. The van der Waals surface area contributed by atoms with E-state index in [1.165, 1.54) is 12.1 Å². The zero-order valence-electron chi connectivity index (χ0n) is 15.2. The molecule has 0 saturated heterocycles. The third-order valence-electron chi connectivity index (χ3n) is 4.28. The Kier molecular flexibility index (Phi) is 6.15. The first kappa shape index (κ1) is 18.6. The SMILES string of the molecule is CCN(c1ccccc1)c1ccc(C(=O)NCCc2ccc(F)cc2)cn1. The standard InChI is InChI=1S/C22H22FN3O/c1-2-26(20-6-4-3-5-7-20)21-13-10-18(16-25-21)22(27)24-15-14-17-8-11-19(23)12-9-17/h3-13,16H,2,14-15H2,1H3,(H,24,27). The molecular weight excluding hydrogens is 341 g/mol. The lowest BCUT2D eigenvalue weighted by atomic mass is 10.1. The van der Waals surface area contributed by atoms with Crippen LogP contribution in [0.15, 0.2) is 72.9 Å². The number of carbonyl (C=O) groups is 1. The monoisotopic (exact) mass is 363 g/mol. The van der Waals surface area contributed by atoms with E-state index in [0.717, 1.165) is 23.6 Å². The van der Waals surface area contributed by atoms with Crippen LogP contribution in [0.3, 0.4) is 0 Å². The van der Waals surface area contributed by atoms with E-state index >= 15 is 0 Å². The number of carbonyl (C=O) groups excluding carboxylic acids is 1. The summed E-state index contributed by atoms with van der Waals surface area (Å²) in [5.41, 5.74) is 2.55. The molecule has 3 rings (SSSR count). The molecule has 4 nitrogen and oxygen atoms in total. The van der Waals surface area contributed by atoms with Gasteiger partial charge in [0.25, 0.3) is 5.91 Å². The number of anilines is 2. The number of benzene rings is 2. The number of para-hydroxylation sites is 1. The Morgan fingerprint density at radius 2 is 1.78 bits per heavy atom. The van der Waals surface area contributed by atoms with Gasteiger partial charge in [-0.15, -0.1) is 0 Å². The van der Waals surface area contributed by atoms with Gasteiger partial charge in [0.05, 0.1) is 5.56 Å². The molecule has 138 valence electrons. The average Bonchev–Trinajstić information content (AvgIpc) is 2.71. The van der Waals surface area contributed by atoms with Gasteiger partial charge in [0, 0.05) is 25.0 Å². The van der Waals surface area contributed by atoms with Gasteiger partial charge in [-0.3, -0.25) is 4.79 Å². The van der Waals surface area contributed by atoms with Crippen LogP contribution in [0, 0.1) is 5.82 Å². The van der Waals surface area contributed by atoms with E-state index < -0.39 is 0 Å². The predicted molar refractivity (Wildman–Crippen MR) is 106 cm³/mol. The van der Waals surface area contributed by atoms with Crippen LogP contribution in [0.25, 0.3) is 0 Å². The van der Waals surface area contributed by atoms with E-state index in [1.54, 1.807) is 24.4 Å². The minimum Gasteiger partial charge on any atom is -0.352 e. The summed E-state index contributed by atoms with van der Waals surface area (Å²) in [5, 5.41) is 2.87. The third kappa shape index (κ3) is 4.91. The first-order valence-electron chi connectivity index (χ1n) is 8.98. The Bertz CT molecular complexity index is 864. The number of rotatable bonds is 7. The normalized spacial score (nSPS) is 10.4. The number of amides is 1. The molecule has 0 aliphatic heterocycles. The Morgan fingerprint density at radius 1 is 1.04 bits per heavy atom. The molecule has 0 spiro atoms. The first-order chi connectivity index (χ1) is 13.2. The molecular formula is C22H22FN3O. The van der Waals surface area contributed by atoms with Crippen molar-refractivity contribution in [1.29, 1.82) is 0 Å². The highest BCUT2D eigenvalue weighted by Gasteiger charge is 2.10. The average molecular weight is 363 g/mol. The van der Waals surface area contributed by atoms with Crippen molar-refractivity contribution in [3.8, 4) is 0 Å². The summed E-state index contributed by atoms with van der Waals surface area (Å²) in [7, 11) is 0. The number of nitrogens with zero attached hydrogens (tertiary/aromatic N) is 2. The van der Waals surface area contributed by atoms with Crippen molar-refractivity contribution in [3.63, 3.8) is 0 Å². The van der Waals surface area contributed by atoms with E-state index in [2.05, 4.69) is 22.1 Å². The van der Waals surface area contributed by atoms with Crippen LogP contribution in [0.5, 0.6) is 0 Å². The lowest BCUT2D eigenvalue weighted by Crippen LogP contribution is -2.26. The summed E-state index contributed by atoms with van der Waals surface area (Å²) in [6.07, 6.45) is 2.24. The molecule has 0 atom stereocenters. The number of aromatic nitrogens is 1. The smallest absolute Gasteiger partial charge is 0.252 e. The van der Waals surface area contributed by atoms with Gasteiger partial charge in [-0.05, 0) is 55.3 Å². The van der Waals surface area contributed by atoms with Crippen LogP contribution in [0.4, 0.5) is 15.9 Å². The van der Waals surface area contributed by atoms with Crippen LogP contribution in [0.1, 0.15) is 22.8 Å². The quantitative estimate of drug-likeness (QED) is 0.679. The zero-order valence-corrected chi connectivity index (χ0v) is 15.2. The predicted octanol–water partition coefficient (Wildman–Crippen LogP) is 4.35. The molecule has 27 heavy (non-hydrogen) atoms. The van der Waals surface area contributed by atoms with Gasteiger partial charge in [-0.2, -0.15) is 0 Å². The molecule has 0 unspecified atom stereocenters. The molecule has 1 amide bonds. The van der Waals surface area contributed by atoms with Crippen LogP contribution >= 0.6 is 0 Å². The molecule has 0 saturated carbocycles. The van der Waals surface area contributed by atoms with Crippen molar-refractivity contribution in [2.75, 3.05) is 18.0 Å². The van der Waals surface area contributed by atoms with Gasteiger partial charge in [0.1, 0.15) is 11.6 Å². The van der Waals surface area contributed by atoms with Gasteiger partial charge < -0.3 is 10.2 Å². The molecule has 3 aromatic rings. The van der Waals surface area contributed by atoms with E-state index in [9.17, 15) is 9.18 Å². The number of hydrogen-bond acceptors (Lipinski definition) is 3. The van der Waals surface area contributed by atoms with Gasteiger partial charge in [-0.1, -0.05) is 30.3 Å². The van der Waals surface area contributed by atoms with Crippen molar-refractivity contribution in [3.05, 3.63) is 89.9 Å². The molecule has 1 N–H and O–H groups in total. The highest BCUT2D eigenvalue weighted by molar-refractivity contribution is 5.94. The molecule has 1 heterocycles. The number of hydrogen-bond donors (Lipinski definition) is 1. The second-order valence-corrected chi connectivity index (χ2v) is 6.12. The third-order valence-corrected chi connectivity index (χ3v) is 4.28. The van der Waals surface area contributed by atoms with E-state index in [-0.39, 0.29) is 11.7 Å². The van der Waals surface area contributed by atoms with Crippen molar-refractivity contribution < 1.29 is 9.18 Å². The minimum atomic E-state index is -0.259. The maximum Gasteiger partial charge on any atom is 0.252 e. The Balaban J connectivity index is 1.59. The Hall–Kier alpha value is -3.21. The van der Waals surface area contributed by atoms with Crippen molar-refractivity contribution in [1.82, 2.24) is 10.3 Å². The van der Waals surface area contributed by atoms with Crippen molar-refractivity contribution in [2.45, 2.75) is 13.3 Å². The van der Waals surface area contributed by atoms with Crippen LogP contribution in [-0.2, 0) is 6.42 Å². The van der Waals surface area contributed by atoms with E-state index in [1.807, 2.05) is 36.4 Å². The molecule has 0 bridgehead atoms. The van der Waals surface area contributed by atoms with Crippen LogP contribution < -0.4 is 10.2 Å². The maximum atomic E-state index is 12.9. The van der Waals surface area contributed by atoms with Gasteiger partial charge in [-0.25, -0.2) is 9.37 Å². The molecule has 5 heteroatoms. The highest BCUT2D eigenvalue weighted by atomic mass is 19.1. The zero-order chi connectivity index (χ0) is 19.1. The van der Waals surface area contributed by atoms with E-state index in [4.69, 9.17) is 0 Å². The van der Waals surface area contributed by atoms with Crippen LogP contribution in [-0.4, -0.2) is 24.0 Å². The molecule has 2 aromatic carbocycles. The second-order valence-electron chi connectivity index (χ2n) is 6.12.